The minimum absolute atomic E-state index is 0.0811. The number of carbonyl (C=O) groups excluding carboxylic acids is 1. The molecule has 1 atom stereocenters. The second-order valence-corrected chi connectivity index (χ2v) is 9.04. The zero-order valence-electron chi connectivity index (χ0n) is 20.3. The van der Waals surface area contributed by atoms with Crippen LogP contribution in [0.2, 0.25) is 0 Å². The normalized spacial score (nSPS) is 18.5. The SMILES string of the molecule is Cc1ccc(C2=C(c3nn[nH]n3)C(=O)NC(c3ccc(OCCCC(F)(F)F)c(C)c3)(C(F)(F)F)C2)cc1. The number of aryl methyl sites for hydroxylation is 2. The Morgan fingerprint density at radius 3 is 2.32 bits per heavy atom. The topological polar surface area (TPSA) is 92.8 Å². The summed E-state index contributed by atoms with van der Waals surface area (Å²) < 4.78 is 87.1. The van der Waals surface area contributed by atoms with Gasteiger partial charge in [-0.05, 0) is 59.9 Å². The van der Waals surface area contributed by atoms with E-state index in [1.165, 1.54) is 19.1 Å². The van der Waals surface area contributed by atoms with E-state index in [1.54, 1.807) is 24.3 Å². The molecule has 3 aromatic rings. The second-order valence-electron chi connectivity index (χ2n) is 9.04. The first-order valence-electron chi connectivity index (χ1n) is 11.5. The number of aromatic amines is 1. The number of tetrazole rings is 1. The Labute approximate surface area is 213 Å². The Kier molecular flexibility index (Phi) is 7.22. The number of hydrogen-bond acceptors (Lipinski definition) is 5. The third-order valence-corrected chi connectivity index (χ3v) is 6.28. The summed E-state index contributed by atoms with van der Waals surface area (Å²) in [5.74, 6) is -1.03. The number of carbonyl (C=O) groups is 1. The predicted molar refractivity (Wildman–Crippen MR) is 125 cm³/mol. The van der Waals surface area contributed by atoms with Crippen LogP contribution in [0.15, 0.2) is 42.5 Å². The number of H-pyrrole nitrogens is 1. The fraction of sp³-hybridized carbons (Fsp3) is 0.360. The van der Waals surface area contributed by atoms with Crippen LogP contribution in [-0.2, 0) is 10.3 Å². The zero-order chi connectivity index (χ0) is 27.7. The summed E-state index contributed by atoms with van der Waals surface area (Å²) >= 11 is 0. The molecule has 1 aliphatic rings. The van der Waals surface area contributed by atoms with Crippen molar-refractivity contribution in [1.82, 2.24) is 25.9 Å². The standard InChI is InChI=1S/C25H23F6N5O2/c1-14-4-6-16(7-5-14)18-13-23(25(29,30)31,32-22(37)20(18)21-33-35-36-34-21)17-8-9-19(15(2)12-17)38-11-3-10-24(26,27)28/h4-9,12H,3,10-11,13H2,1-2H3,(H,32,37)(H,33,34,35,36). The Balaban J connectivity index is 1.75. The Morgan fingerprint density at radius 1 is 1.03 bits per heavy atom. The largest absolute Gasteiger partial charge is 0.493 e. The molecule has 7 nitrogen and oxygen atoms in total. The van der Waals surface area contributed by atoms with Crippen molar-refractivity contribution >= 4 is 17.1 Å². The molecular formula is C25H23F6N5O2. The molecule has 38 heavy (non-hydrogen) atoms. The maximum absolute atomic E-state index is 14.8. The van der Waals surface area contributed by atoms with Crippen molar-refractivity contribution < 1.29 is 35.9 Å². The fourth-order valence-corrected chi connectivity index (χ4v) is 4.34. The van der Waals surface area contributed by atoms with Crippen molar-refractivity contribution in [2.45, 2.75) is 51.0 Å². The van der Waals surface area contributed by atoms with Crippen LogP contribution >= 0.6 is 0 Å². The van der Waals surface area contributed by atoms with E-state index in [9.17, 15) is 31.1 Å². The van der Waals surface area contributed by atoms with Gasteiger partial charge in [-0.2, -0.15) is 31.6 Å². The van der Waals surface area contributed by atoms with Crippen LogP contribution in [0.3, 0.4) is 0 Å². The number of ether oxygens (including phenoxy) is 1. The molecule has 2 N–H and O–H groups in total. The van der Waals surface area contributed by atoms with Crippen LogP contribution in [-0.4, -0.2) is 45.5 Å². The van der Waals surface area contributed by atoms with Crippen LogP contribution in [0, 0.1) is 13.8 Å². The van der Waals surface area contributed by atoms with E-state index in [0.29, 0.717) is 5.56 Å². The van der Waals surface area contributed by atoms with Crippen LogP contribution in [0.5, 0.6) is 5.75 Å². The highest BCUT2D eigenvalue weighted by molar-refractivity contribution is 6.27. The van der Waals surface area contributed by atoms with E-state index < -0.39 is 36.6 Å². The first kappa shape index (κ1) is 27.1. The number of benzene rings is 2. The van der Waals surface area contributed by atoms with Crippen LogP contribution < -0.4 is 10.1 Å². The Morgan fingerprint density at radius 2 is 1.74 bits per heavy atom. The highest BCUT2D eigenvalue weighted by Gasteiger charge is 2.60. The van der Waals surface area contributed by atoms with Crippen LogP contribution in [0.25, 0.3) is 11.1 Å². The lowest BCUT2D eigenvalue weighted by molar-refractivity contribution is -0.201. The van der Waals surface area contributed by atoms with Gasteiger partial charge in [0.05, 0.1) is 12.2 Å². The molecule has 1 aliphatic heterocycles. The first-order valence-corrected chi connectivity index (χ1v) is 11.5. The van der Waals surface area contributed by atoms with E-state index in [0.717, 1.165) is 11.6 Å². The molecular weight excluding hydrogens is 516 g/mol. The number of halogens is 6. The van der Waals surface area contributed by atoms with Gasteiger partial charge >= 0.3 is 12.4 Å². The van der Waals surface area contributed by atoms with Gasteiger partial charge in [-0.15, -0.1) is 10.2 Å². The Bertz CT molecular complexity index is 1330. The summed E-state index contributed by atoms with van der Waals surface area (Å²) in [5.41, 5.74) is -1.58. The van der Waals surface area contributed by atoms with Gasteiger partial charge in [0.15, 0.2) is 5.54 Å². The van der Waals surface area contributed by atoms with Crippen molar-refractivity contribution in [3.63, 3.8) is 0 Å². The molecule has 0 saturated heterocycles. The molecule has 4 rings (SSSR count). The summed E-state index contributed by atoms with van der Waals surface area (Å²) in [7, 11) is 0. The first-order chi connectivity index (χ1) is 17.8. The molecule has 0 aliphatic carbocycles. The molecule has 13 heteroatoms. The van der Waals surface area contributed by atoms with Crippen molar-refractivity contribution in [3.8, 4) is 5.75 Å². The van der Waals surface area contributed by atoms with E-state index >= 15 is 0 Å². The second kappa shape index (κ2) is 10.1. The third-order valence-electron chi connectivity index (χ3n) is 6.28. The maximum Gasteiger partial charge on any atom is 0.416 e. The fourth-order valence-electron chi connectivity index (χ4n) is 4.34. The number of aromatic nitrogens is 4. The van der Waals surface area contributed by atoms with Crippen LogP contribution in [0.1, 0.15) is 47.3 Å². The van der Waals surface area contributed by atoms with E-state index in [2.05, 4.69) is 25.9 Å². The van der Waals surface area contributed by atoms with Gasteiger partial charge < -0.3 is 10.1 Å². The highest BCUT2D eigenvalue weighted by atomic mass is 19.4. The lowest BCUT2D eigenvalue weighted by atomic mass is 9.76. The van der Waals surface area contributed by atoms with Gasteiger partial charge in [0.2, 0.25) is 5.82 Å². The summed E-state index contributed by atoms with van der Waals surface area (Å²) in [6, 6.07) is 10.3. The molecule has 0 saturated carbocycles. The van der Waals surface area contributed by atoms with Crippen molar-refractivity contribution in [2.24, 2.45) is 0 Å². The molecule has 1 aromatic heterocycles. The minimum atomic E-state index is -4.93. The minimum Gasteiger partial charge on any atom is -0.493 e. The van der Waals surface area contributed by atoms with Crippen molar-refractivity contribution in [3.05, 3.63) is 70.5 Å². The van der Waals surface area contributed by atoms with Gasteiger partial charge in [-0.25, -0.2) is 0 Å². The molecule has 1 amide bonds. The number of amides is 1. The molecule has 2 aromatic carbocycles. The molecule has 0 fully saturated rings. The summed E-state index contributed by atoms with van der Waals surface area (Å²) in [4.78, 5) is 13.3. The lowest BCUT2D eigenvalue weighted by Gasteiger charge is -2.41. The van der Waals surface area contributed by atoms with Crippen molar-refractivity contribution in [1.29, 1.82) is 0 Å². The molecule has 0 radical (unpaired) electrons. The van der Waals surface area contributed by atoms with E-state index in [1.807, 2.05) is 6.92 Å². The summed E-state index contributed by atoms with van der Waals surface area (Å²) in [5, 5.41) is 15.4. The maximum atomic E-state index is 14.8. The van der Waals surface area contributed by atoms with Gasteiger partial charge in [0, 0.05) is 12.8 Å². The monoisotopic (exact) mass is 539 g/mol. The smallest absolute Gasteiger partial charge is 0.416 e. The van der Waals surface area contributed by atoms with Gasteiger partial charge in [-0.1, -0.05) is 35.9 Å². The summed E-state index contributed by atoms with van der Waals surface area (Å²) in [6.45, 7) is 3.05. The van der Waals surface area contributed by atoms with Gasteiger partial charge in [-0.3, -0.25) is 4.79 Å². The molecule has 202 valence electrons. The quantitative estimate of drug-likeness (QED) is 0.309. The Hall–Kier alpha value is -3.90. The number of nitrogens with zero attached hydrogens (tertiary/aromatic N) is 3. The summed E-state index contributed by atoms with van der Waals surface area (Å²) in [6.07, 6.45) is -11.3. The third kappa shape index (κ3) is 5.50. The predicted octanol–water partition coefficient (Wildman–Crippen LogP) is 5.43. The molecule has 2 heterocycles. The lowest BCUT2D eigenvalue weighted by Crippen LogP contribution is -2.58. The number of rotatable bonds is 7. The van der Waals surface area contributed by atoms with Gasteiger partial charge in [0.1, 0.15) is 5.75 Å². The van der Waals surface area contributed by atoms with E-state index in [4.69, 9.17) is 4.74 Å². The number of nitrogens with one attached hydrogen (secondary N) is 2. The molecule has 0 spiro atoms. The van der Waals surface area contributed by atoms with Gasteiger partial charge in [0.25, 0.3) is 5.91 Å². The highest BCUT2D eigenvalue weighted by Crippen LogP contribution is 2.50. The average Bonchev–Trinajstić information content (AvgIpc) is 3.35. The van der Waals surface area contributed by atoms with Crippen molar-refractivity contribution in [2.75, 3.05) is 6.61 Å². The average molecular weight is 539 g/mol. The number of alkyl halides is 6. The zero-order valence-corrected chi connectivity index (χ0v) is 20.3. The van der Waals surface area contributed by atoms with Crippen LogP contribution in [0.4, 0.5) is 26.3 Å². The van der Waals surface area contributed by atoms with E-state index in [-0.39, 0.29) is 46.9 Å². The molecule has 0 bridgehead atoms. The number of hydrogen-bond donors (Lipinski definition) is 2. The molecule has 1 unspecified atom stereocenters.